The zero-order valence-corrected chi connectivity index (χ0v) is 13.0. The molecule has 0 amide bonds. The lowest BCUT2D eigenvalue weighted by molar-refractivity contribution is -0.0392. The Bertz CT molecular complexity index is 689. The highest BCUT2D eigenvalue weighted by Crippen LogP contribution is 2.20. The molecule has 2 aromatic rings. The predicted molar refractivity (Wildman–Crippen MR) is 78.3 cm³/mol. The largest absolute Gasteiger partial charge is 0.464 e. The second kappa shape index (κ2) is 6.80. The second-order valence-corrected chi connectivity index (χ2v) is 5.26. The molecule has 1 aliphatic rings. The van der Waals surface area contributed by atoms with E-state index in [2.05, 4.69) is 25.4 Å². The molecule has 0 aliphatic carbocycles. The molecule has 23 heavy (non-hydrogen) atoms. The van der Waals surface area contributed by atoms with Gasteiger partial charge in [0.25, 0.3) is 0 Å². The Hall–Kier alpha value is -2.39. The van der Waals surface area contributed by atoms with Crippen molar-refractivity contribution in [3.8, 4) is 0 Å². The van der Waals surface area contributed by atoms with Crippen molar-refractivity contribution < 1.29 is 14.3 Å². The zero-order valence-electron chi connectivity index (χ0n) is 13.0. The van der Waals surface area contributed by atoms with Crippen molar-refractivity contribution in [1.29, 1.82) is 0 Å². The van der Waals surface area contributed by atoms with E-state index in [0.717, 1.165) is 12.2 Å². The van der Waals surface area contributed by atoms with E-state index >= 15 is 0 Å². The molecule has 3 rings (SSSR count). The molecular formula is C14H18N6O3. The summed E-state index contributed by atoms with van der Waals surface area (Å²) in [5.41, 5.74) is 1.12. The molecule has 0 aromatic carbocycles. The van der Waals surface area contributed by atoms with Crippen LogP contribution in [0.1, 0.15) is 28.1 Å². The lowest BCUT2D eigenvalue weighted by atomic mass is 10.2. The molecule has 3 heterocycles. The SMILES string of the molecule is COC(=O)c1cccc(CN2CCOC(c3nnnn3C)C2)n1. The van der Waals surface area contributed by atoms with Crippen molar-refractivity contribution in [2.24, 2.45) is 7.05 Å². The van der Waals surface area contributed by atoms with Crippen LogP contribution in [0.2, 0.25) is 0 Å². The number of hydrogen-bond acceptors (Lipinski definition) is 8. The Morgan fingerprint density at radius 2 is 2.35 bits per heavy atom. The van der Waals surface area contributed by atoms with Crippen LogP contribution in [0, 0.1) is 0 Å². The van der Waals surface area contributed by atoms with Crippen LogP contribution in [-0.4, -0.2) is 62.9 Å². The van der Waals surface area contributed by atoms with Crippen molar-refractivity contribution in [3.05, 3.63) is 35.4 Å². The number of pyridine rings is 1. The summed E-state index contributed by atoms with van der Waals surface area (Å²) in [5.74, 6) is 0.267. The van der Waals surface area contributed by atoms with E-state index in [-0.39, 0.29) is 6.10 Å². The summed E-state index contributed by atoms with van der Waals surface area (Å²) >= 11 is 0. The first-order chi connectivity index (χ1) is 11.2. The smallest absolute Gasteiger partial charge is 0.356 e. The molecule has 2 aromatic heterocycles. The summed E-state index contributed by atoms with van der Waals surface area (Å²) in [6, 6.07) is 5.34. The molecule has 0 spiro atoms. The first-order valence-electron chi connectivity index (χ1n) is 7.28. The van der Waals surface area contributed by atoms with Gasteiger partial charge >= 0.3 is 5.97 Å². The van der Waals surface area contributed by atoms with Gasteiger partial charge in [-0.25, -0.2) is 14.5 Å². The number of tetrazole rings is 1. The quantitative estimate of drug-likeness (QED) is 0.725. The summed E-state index contributed by atoms with van der Waals surface area (Å²) in [7, 11) is 3.14. The fourth-order valence-electron chi connectivity index (χ4n) is 2.53. The number of aryl methyl sites for hydroxylation is 1. The third-order valence-corrected chi connectivity index (χ3v) is 3.68. The fraction of sp³-hybridized carbons (Fsp3) is 0.500. The Morgan fingerprint density at radius 3 is 3.09 bits per heavy atom. The first kappa shape index (κ1) is 15.5. The Kier molecular flexibility index (Phi) is 4.58. The molecular weight excluding hydrogens is 300 g/mol. The highest BCUT2D eigenvalue weighted by molar-refractivity contribution is 5.87. The average Bonchev–Trinajstić information content (AvgIpc) is 3.00. The monoisotopic (exact) mass is 318 g/mol. The lowest BCUT2D eigenvalue weighted by Gasteiger charge is -2.31. The predicted octanol–water partition coefficient (Wildman–Crippen LogP) is -0.0348. The van der Waals surface area contributed by atoms with Gasteiger partial charge in [0.2, 0.25) is 0 Å². The van der Waals surface area contributed by atoms with E-state index in [4.69, 9.17) is 9.47 Å². The topological polar surface area (TPSA) is 95.3 Å². The number of nitrogens with zero attached hydrogens (tertiary/aromatic N) is 6. The number of carbonyl (C=O) groups is 1. The summed E-state index contributed by atoms with van der Waals surface area (Å²) < 4.78 is 12.1. The maximum absolute atomic E-state index is 11.6. The number of ether oxygens (including phenoxy) is 2. The molecule has 9 nitrogen and oxygen atoms in total. The molecule has 9 heteroatoms. The van der Waals surface area contributed by atoms with Crippen molar-refractivity contribution in [2.75, 3.05) is 26.8 Å². The first-order valence-corrected chi connectivity index (χ1v) is 7.28. The molecule has 1 atom stereocenters. The van der Waals surface area contributed by atoms with Crippen LogP contribution in [0.25, 0.3) is 0 Å². The minimum Gasteiger partial charge on any atom is -0.464 e. The fourth-order valence-corrected chi connectivity index (χ4v) is 2.53. The van der Waals surface area contributed by atoms with E-state index in [1.807, 2.05) is 6.07 Å². The number of esters is 1. The van der Waals surface area contributed by atoms with E-state index in [0.29, 0.717) is 31.2 Å². The number of morpholine rings is 1. The minimum atomic E-state index is -0.433. The van der Waals surface area contributed by atoms with Gasteiger partial charge in [-0.05, 0) is 22.6 Å². The van der Waals surface area contributed by atoms with Crippen molar-refractivity contribution in [2.45, 2.75) is 12.6 Å². The van der Waals surface area contributed by atoms with Crippen LogP contribution in [-0.2, 0) is 23.1 Å². The van der Waals surface area contributed by atoms with Crippen molar-refractivity contribution in [1.82, 2.24) is 30.1 Å². The number of aromatic nitrogens is 5. The van der Waals surface area contributed by atoms with Gasteiger partial charge in [-0.15, -0.1) is 5.10 Å². The number of carbonyl (C=O) groups excluding carboxylic acids is 1. The standard InChI is InChI=1S/C14H18N6O3/c1-19-13(16-17-18-19)12-9-20(6-7-23-12)8-10-4-3-5-11(15-10)14(21)22-2/h3-5,12H,6-9H2,1-2H3. The highest BCUT2D eigenvalue weighted by Gasteiger charge is 2.26. The maximum atomic E-state index is 11.6. The van der Waals surface area contributed by atoms with Crippen LogP contribution in [0.5, 0.6) is 0 Å². The minimum absolute atomic E-state index is 0.174. The van der Waals surface area contributed by atoms with E-state index in [9.17, 15) is 4.79 Å². The molecule has 122 valence electrons. The summed E-state index contributed by atoms with van der Waals surface area (Å²) in [6.07, 6.45) is -0.174. The van der Waals surface area contributed by atoms with Gasteiger partial charge in [0, 0.05) is 26.7 Å². The average molecular weight is 318 g/mol. The molecule has 1 aliphatic heterocycles. The molecule has 0 N–H and O–H groups in total. The number of methoxy groups -OCH3 is 1. The number of rotatable bonds is 4. The second-order valence-electron chi connectivity index (χ2n) is 5.26. The summed E-state index contributed by atoms with van der Waals surface area (Å²) in [5, 5.41) is 11.5. The third kappa shape index (κ3) is 3.51. The lowest BCUT2D eigenvalue weighted by Crippen LogP contribution is -2.39. The van der Waals surface area contributed by atoms with Gasteiger partial charge in [0.1, 0.15) is 11.8 Å². The van der Waals surface area contributed by atoms with Crippen LogP contribution in [0.3, 0.4) is 0 Å². The number of hydrogen-bond donors (Lipinski definition) is 0. The van der Waals surface area contributed by atoms with Gasteiger partial charge in [0.15, 0.2) is 5.82 Å². The molecule has 0 saturated carbocycles. The van der Waals surface area contributed by atoms with E-state index in [1.54, 1.807) is 23.9 Å². The van der Waals surface area contributed by atoms with E-state index in [1.165, 1.54) is 7.11 Å². The van der Waals surface area contributed by atoms with Crippen LogP contribution < -0.4 is 0 Å². The van der Waals surface area contributed by atoms with Gasteiger partial charge in [-0.2, -0.15) is 0 Å². The molecule has 1 fully saturated rings. The highest BCUT2D eigenvalue weighted by atomic mass is 16.5. The Labute approximate surface area is 133 Å². The Balaban J connectivity index is 1.68. The Morgan fingerprint density at radius 1 is 1.48 bits per heavy atom. The third-order valence-electron chi connectivity index (χ3n) is 3.68. The van der Waals surface area contributed by atoms with Gasteiger partial charge < -0.3 is 9.47 Å². The summed E-state index contributed by atoms with van der Waals surface area (Å²) in [6.45, 7) is 2.66. The van der Waals surface area contributed by atoms with Crippen LogP contribution >= 0.6 is 0 Å². The molecule has 0 bridgehead atoms. The molecule has 0 radical (unpaired) electrons. The maximum Gasteiger partial charge on any atom is 0.356 e. The van der Waals surface area contributed by atoms with Gasteiger partial charge in [-0.3, -0.25) is 4.90 Å². The van der Waals surface area contributed by atoms with E-state index < -0.39 is 5.97 Å². The van der Waals surface area contributed by atoms with Gasteiger partial charge in [-0.1, -0.05) is 6.07 Å². The van der Waals surface area contributed by atoms with Crippen LogP contribution in [0.15, 0.2) is 18.2 Å². The van der Waals surface area contributed by atoms with Crippen molar-refractivity contribution >= 4 is 5.97 Å². The van der Waals surface area contributed by atoms with Crippen LogP contribution in [0.4, 0.5) is 0 Å². The normalized spacial score (nSPS) is 18.8. The van der Waals surface area contributed by atoms with Gasteiger partial charge in [0.05, 0.1) is 19.4 Å². The zero-order chi connectivity index (χ0) is 16.2. The molecule has 1 unspecified atom stereocenters. The van der Waals surface area contributed by atoms with Crippen molar-refractivity contribution in [3.63, 3.8) is 0 Å². The summed E-state index contributed by atoms with van der Waals surface area (Å²) in [4.78, 5) is 18.1. The molecule has 1 saturated heterocycles.